The molecule has 102 valence electrons. The molecule has 0 aromatic rings. The zero-order chi connectivity index (χ0) is 13.6. The molecule has 0 aromatic heterocycles. The van der Waals surface area contributed by atoms with Crippen molar-refractivity contribution < 1.29 is 14.4 Å². The van der Waals surface area contributed by atoms with Crippen LogP contribution in [0.4, 0.5) is 0 Å². The summed E-state index contributed by atoms with van der Waals surface area (Å²) in [6.45, 7) is 2.20. The van der Waals surface area contributed by atoms with E-state index < -0.39 is 0 Å². The molecule has 1 saturated heterocycles. The van der Waals surface area contributed by atoms with E-state index in [0.717, 1.165) is 12.8 Å². The summed E-state index contributed by atoms with van der Waals surface area (Å²) in [6, 6.07) is 0. The summed E-state index contributed by atoms with van der Waals surface area (Å²) < 4.78 is 0. The van der Waals surface area contributed by atoms with E-state index >= 15 is 0 Å². The predicted molar refractivity (Wildman–Crippen MR) is 67.7 cm³/mol. The Bertz CT molecular complexity index is 439. The molecule has 2 fully saturated rings. The smallest absolute Gasteiger partial charge is 0.240 e. The minimum absolute atomic E-state index is 0.127. The number of hydrogen-bond donors (Lipinski definition) is 1. The van der Waals surface area contributed by atoms with Crippen molar-refractivity contribution in [1.82, 2.24) is 10.2 Å². The topological polar surface area (TPSA) is 66.5 Å². The summed E-state index contributed by atoms with van der Waals surface area (Å²) in [7, 11) is 0. The number of amides is 3. The number of carbonyl (C=O) groups is 3. The summed E-state index contributed by atoms with van der Waals surface area (Å²) >= 11 is 0. The standard InChI is InChI=1S/C14H18N2O3/c1-2-15-10(17)7-16-13(18)11-8-3-4-9(6-5-8)12(11)14(16)19/h3-4,8-9,11-12H,2,5-7H2,1H3,(H,15,17)/t8-,9-,11-,12+/m0/s1. The van der Waals surface area contributed by atoms with Crippen molar-refractivity contribution >= 4 is 17.7 Å². The van der Waals surface area contributed by atoms with Crippen LogP contribution in [0.2, 0.25) is 0 Å². The molecule has 0 radical (unpaired) electrons. The molecule has 3 aliphatic carbocycles. The minimum atomic E-state index is -0.261. The van der Waals surface area contributed by atoms with E-state index in [2.05, 4.69) is 17.5 Å². The molecule has 3 amide bonds. The Morgan fingerprint density at radius 3 is 2.16 bits per heavy atom. The van der Waals surface area contributed by atoms with Crippen molar-refractivity contribution in [2.45, 2.75) is 19.8 Å². The highest BCUT2D eigenvalue weighted by atomic mass is 16.2. The van der Waals surface area contributed by atoms with Crippen LogP contribution in [0.15, 0.2) is 12.2 Å². The van der Waals surface area contributed by atoms with Crippen molar-refractivity contribution in [1.29, 1.82) is 0 Å². The summed E-state index contributed by atoms with van der Waals surface area (Å²) in [5, 5.41) is 2.63. The number of likely N-dealkylation sites (N-methyl/N-ethyl adjacent to an activating group) is 1. The quantitative estimate of drug-likeness (QED) is 0.588. The highest BCUT2D eigenvalue weighted by molar-refractivity contribution is 6.08. The van der Waals surface area contributed by atoms with Crippen molar-refractivity contribution in [3.05, 3.63) is 12.2 Å². The van der Waals surface area contributed by atoms with Gasteiger partial charge in [-0.1, -0.05) is 12.2 Å². The molecule has 5 heteroatoms. The number of nitrogens with zero attached hydrogens (tertiary/aromatic N) is 1. The lowest BCUT2D eigenvalue weighted by molar-refractivity contribution is -0.143. The van der Waals surface area contributed by atoms with E-state index in [4.69, 9.17) is 0 Å². The van der Waals surface area contributed by atoms with E-state index in [1.807, 2.05) is 6.92 Å². The fraction of sp³-hybridized carbons (Fsp3) is 0.643. The highest BCUT2D eigenvalue weighted by Crippen LogP contribution is 2.49. The first-order valence-corrected chi connectivity index (χ1v) is 6.93. The van der Waals surface area contributed by atoms with Crippen LogP contribution >= 0.6 is 0 Å². The lowest BCUT2D eigenvalue weighted by atomic mass is 9.63. The molecule has 0 spiro atoms. The molecular weight excluding hydrogens is 244 g/mol. The second-order valence-corrected chi connectivity index (χ2v) is 5.56. The fourth-order valence-corrected chi connectivity index (χ4v) is 3.69. The maximum atomic E-state index is 12.4. The maximum Gasteiger partial charge on any atom is 0.240 e. The SMILES string of the molecule is CCNC(=O)CN1C(=O)[C@@H]2[C@H](C1=O)[C@H]1C=C[C@H]2CC1. The molecule has 5 nitrogen and oxygen atoms in total. The van der Waals surface area contributed by atoms with Gasteiger partial charge in [-0.3, -0.25) is 19.3 Å². The third kappa shape index (κ3) is 1.79. The second kappa shape index (κ2) is 4.47. The van der Waals surface area contributed by atoms with Gasteiger partial charge in [-0.05, 0) is 31.6 Å². The highest BCUT2D eigenvalue weighted by Gasteiger charge is 2.56. The van der Waals surface area contributed by atoms with Crippen LogP contribution in [-0.2, 0) is 14.4 Å². The van der Waals surface area contributed by atoms with Gasteiger partial charge in [0.05, 0.1) is 11.8 Å². The van der Waals surface area contributed by atoms with Crippen molar-refractivity contribution in [3.63, 3.8) is 0 Å². The Balaban J connectivity index is 1.81. The van der Waals surface area contributed by atoms with Crippen LogP contribution in [0.1, 0.15) is 19.8 Å². The molecule has 0 aromatic carbocycles. The number of allylic oxidation sites excluding steroid dienone is 2. The molecule has 0 unspecified atom stereocenters. The van der Waals surface area contributed by atoms with Crippen molar-refractivity contribution in [2.75, 3.05) is 13.1 Å². The van der Waals surface area contributed by atoms with E-state index in [1.54, 1.807) is 0 Å². The molecule has 4 atom stereocenters. The molecule has 19 heavy (non-hydrogen) atoms. The van der Waals surface area contributed by atoms with Gasteiger partial charge in [-0.15, -0.1) is 0 Å². The Labute approximate surface area is 112 Å². The van der Waals surface area contributed by atoms with Crippen LogP contribution in [0, 0.1) is 23.7 Å². The van der Waals surface area contributed by atoms with E-state index in [0.29, 0.717) is 6.54 Å². The number of hydrogen-bond acceptors (Lipinski definition) is 3. The summed E-state index contributed by atoms with van der Waals surface area (Å²) in [5.41, 5.74) is 0. The number of likely N-dealkylation sites (tertiary alicyclic amines) is 1. The van der Waals surface area contributed by atoms with Gasteiger partial charge < -0.3 is 5.32 Å². The molecule has 4 aliphatic rings. The van der Waals surface area contributed by atoms with Crippen LogP contribution in [0.3, 0.4) is 0 Å². The first-order valence-electron chi connectivity index (χ1n) is 6.93. The second-order valence-electron chi connectivity index (χ2n) is 5.56. The predicted octanol–water partition coefficient (Wildman–Crippen LogP) is 0.320. The van der Waals surface area contributed by atoms with Crippen LogP contribution in [0.25, 0.3) is 0 Å². The average Bonchev–Trinajstić information content (AvgIpc) is 2.68. The zero-order valence-electron chi connectivity index (χ0n) is 11.0. The van der Waals surface area contributed by atoms with Crippen molar-refractivity contribution in [3.8, 4) is 0 Å². The van der Waals surface area contributed by atoms with Gasteiger partial charge in [0.2, 0.25) is 17.7 Å². The van der Waals surface area contributed by atoms with Gasteiger partial charge in [0.1, 0.15) is 6.54 Å². The van der Waals surface area contributed by atoms with Crippen molar-refractivity contribution in [2.24, 2.45) is 23.7 Å². The van der Waals surface area contributed by atoms with Gasteiger partial charge >= 0.3 is 0 Å². The normalized spacial score (nSPS) is 35.7. The molecule has 1 saturated carbocycles. The van der Waals surface area contributed by atoms with Gasteiger partial charge in [0.15, 0.2) is 0 Å². The lowest BCUT2D eigenvalue weighted by Crippen LogP contribution is -2.41. The minimum Gasteiger partial charge on any atom is -0.355 e. The first-order chi connectivity index (χ1) is 9.13. The third-order valence-electron chi connectivity index (χ3n) is 4.53. The van der Waals surface area contributed by atoms with E-state index in [9.17, 15) is 14.4 Å². The van der Waals surface area contributed by atoms with Gasteiger partial charge in [0.25, 0.3) is 0 Å². The number of nitrogens with one attached hydrogen (secondary N) is 1. The Morgan fingerprint density at radius 1 is 1.21 bits per heavy atom. The molecule has 1 heterocycles. The van der Waals surface area contributed by atoms with Crippen LogP contribution in [0.5, 0.6) is 0 Å². The molecule has 1 aliphatic heterocycles. The first kappa shape index (κ1) is 12.4. The Kier molecular flexibility index (Phi) is 2.92. The summed E-state index contributed by atoms with van der Waals surface area (Å²) in [6.07, 6.45) is 6.12. The summed E-state index contributed by atoms with van der Waals surface area (Å²) in [5.74, 6) is -0.628. The van der Waals surface area contributed by atoms with Crippen LogP contribution < -0.4 is 5.32 Å². The molecule has 4 rings (SSSR count). The van der Waals surface area contributed by atoms with Gasteiger partial charge in [0, 0.05) is 6.54 Å². The number of carbonyl (C=O) groups excluding carboxylic acids is 3. The van der Waals surface area contributed by atoms with E-state index in [-0.39, 0.29) is 47.9 Å². The zero-order valence-corrected chi connectivity index (χ0v) is 11.0. The van der Waals surface area contributed by atoms with Gasteiger partial charge in [-0.2, -0.15) is 0 Å². The fourth-order valence-electron chi connectivity index (χ4n) is 3.69. The van der Waals surface area contributed by atoms with E-state index in [1.165, 1.54) is 4.90 Å². The third-order valence-corrected chi connectivity index (χ3v) is 4.53. The molecular formula is C14H18N2O3. The monoisotopic (exact) mass is 262 g/mol. The lowest BCUT2D eigenvalue weighted by Gasteiger charge is -2.38. The van der Waals surface area contributed by atoms with Crippen LogP contribution in [-0.4, -0.2) is 35.7 Å². The number of fused-ring (bicyclic) bond motifs is 1. The number of imide groups is 1. The average molecular weight is 262 g/mol. The summed E-state index contributed by atoms with van der Waals surface area (Å²) in [4.78, 5) is 37.5. The van der Waals surface area contributed by atoms with Gasteiger partial charge in [-0.25, -0.2) is 0 Å². The largest absolute Gasteiger partial charge is 0.355 e. The maximum absolute atomic E-state index is 12.4. The molecule has 2 bridgehead atoms. The number of rotatable bonds is 3. The molecule has 1 N–H and O–H groups in total. The Morgan fingerprint density at radius 2 is 1.74 bits per heavy atom. The Hall–Kier alpha value is -1.65.